The Morgan fingerprint density at radius 3 is 2.83 bits per heavy atom. The Hall–Kier alpha value is -0.930. The summed E-state index contributed by atoms with van der Waals surface area (Å²) in [4.78, 5) is 11.0. The molecule has 0 saturated carbocycles. The van der Waals surface area contributed by atoms with Crippen LogP contribution in [0.4, 0.5) is 4.39 Å². The Morgan fingerprint density at radius 2 is 2.25 bits per heavy atom. The van der Waals surface area contributed by atoms with E-state index in [4.69, 9.17) is 17.3 Å². The molecule has 1 aromatic carbocycles. The molecule has 0 aliphatic heterocycles. The largest absolute Gasteiger partial charge is 0.324 e. The van der Waals surface area contributed by atoms with Crippen LogP contribution < -0.4 is 5.73 Å². The van der Waals surface area contributed by atoms with Crippen molar-refractivity contribution < 1.29 is 9.18 Å². The lowest BCUT2D eigenvalue weighted by atomic mass is 10.1. The van der Waals surface area contributed by atoms with Gasteiger partial charge >= 0.3 is 0 Å². The van der Waals surface area contributed by atoms with E-state index in [9.17, 15) is 9.18 Å². The fourth-order valence-electron chi connectivity index (χ4n) is 0.821. The topological polar surface area (TPSA) is 43.1 Å². The molecule has 2 nitrogen and oxygen atoms in total. The van der Waals surface area contributed by atoms with Crippen LogP contribution in [0.1, 0.15) is 10.4 Å². The van der Waals surface area contributed by atoms with Crippen molar-refractivity contribution in [2.45, 2.75) is 0 Å². The summed E-state index contributed by atoms with van der Waals surface area (Å²) < 4.78 is 12.6. The van der Waals surface area contributed by atoms with Crippen molar-refractivity contribution in [2.75, 3.05) is 6.54 Å². The van der Waals surface area contributed by atoms with E-state index in [1.54, 1.807) is 0 Å². The highest BCUT2D eigenvalue weighted by Crippen LogP contribution is 2.16. The van der Waals surface area contributed by atoms with E-state index < -0.39 is 5.82 Å². The van der Waals surface area contributed by atoms with Crippen molar-refractivity contribution in [1.29, 1.82) is 0 Å². The molecule has 0 atom stereocenters. The first-order valence-electron chi connectivity index (χ1n) is 3.33. The smallest absolute Gasteiger partial charge is 0.177 e. The molecule has 12 heavy (non-hydrogen) atoms. The van der Waals surface area contributed by atoms with Gasteiger partial charge in [0.1, 0.15) is 5.82 Å². The van der Waals surface area contributed by atoms with Gasteiger partial charge in [0, 0.05) is 5.56 Å². The number of hydrogen-bond donors (Lipinski definition) is 1. The molecule has 0 spiro atoms. The Bertz CT molecular complexity index is 314. The van der Waals surface area contributed by atoms with Crippen molar-refractivity contribution in [3.63, 3.8) is 0 Å². The third-order valence-electron chi connectivity index (χ3n) is 1.41. The Labute approximate surface area is 74.1 Å². The van der Waals surface area contributed by atoms with E-state index in [-0.39, 0.29) is 22.9 Å². The molecule has 0 aliphatic rings. The van der Waals surface area contributed by atoms with E-state index in [1.807, 2.05) is 0 Å². The molecule has 0 aliphatic carbocycles. The second-order valence-electron chi connectivity index (χ2n) is 2.25. The monoisotopic (exact) mass is 187 g/mol. The van der Waals surface area contributed by atoms with Gasteiger partial charge in [-0.2, -0.15) is 0 Å². The number of hydrogen-bond acceptors (Lipinski definition) is 2. The van der Waals surface area contributed by atoms with Gasteiger partial charge in [0.2, 0.25) is 0 Å². The average Bonchev–Trinajstić information content (AvgIpc) is 2.08. The van der Waals surface area contributed by atoms with E-state index in [2.05, 4.69) is 0 Å². The molecule has 4 heteroatoms. The van der Waals surface area contributed by atoms with Crippen LogP contribution in [0.5, 0.6) is 0 Å². The summed E-state index contributed by atoms with van der Waals surface area (Å²) >= 11 is 5.63. The summed E-state index contributed by atoms with van der Waals surface area (Å²) in [5, 5.41) is 0.229. The van der Waals surface area contributed by atoms with Crippen LogP contribution in [0.25, 0.3) is 0 Å². The molecule has 0 heterocycles. The van der Waals surface area contributed by atoms with E-state index in [1.165, 1.54) is 12.1 Å². The minimum atomic E-state index is -0.490. The maximum atomic E-state index is 12.6. The number of ketones is 1. The molecule has 0 unspecified atom stereocenters. The predicted octanol–water partition coefficient (Wildman–Crippen LogP) is 1.62. The van der Waals surface area contributed by atoms with Gasteiger partial charge in [0.25, 0.3) is 0 Å². The number of halogens is 2. The summed E-state index contributed by atoms with van der Waals surface area (Å²) in [5.41, 5.74) is 5.23. The van der Waals surface area contributed by atoms with E-state index >= 15 is 0 Å². The van der Waals surface area contributed by atoms with Crippen LogP contribution >= 0.6 is 11.6 Å². The number of carbonyl (C=O) groups excluding carboxylic acids is 1. The Kier molecular flexibility index (Phi) is 2.78. The molecular weight excluding hydrogens is 181 g/mol. The van der Waals surface area contributed by atoms with E-state index in [0.29, 0.717) is 0 Å². The van der Waals surface area contributed by atoms with Crippen LogP contribution in [-0.4, -0.2) is 12.3 Å². The first-order chi connectivity index (χ1) is 5.65. The van der Waals surface area contributed by atoms with Crippen LogP contribution in [0.2, 0.25) is 5.02 Å². The maximum absolute atomic E-state index is 12.6. The average molecular weight is 188 g/mol. The van der Waals surface area contributed by atoms with Gasteiger partial charge in [-0.3, -0.25) is 4.79 Å². The fraction of sp³-hybridized carbons (Fsp3) is 0.125. The number of rotatable bonds is 2. The molecule has 0 amide bonds. The van der Waals surface area contributed by atoms with Gasteiger partial charge in [-0.1, -0.05) is 11.6 Å². The molecule has 0 fully saturated rings. The summed E-state index contributed by atoms with van der Waals surface area (Å²) in [6.07, 6.45) is 0. The maximum Gasteiger partial charge on any atom is 0.177 e. The fourth-order valence-corrected chi connectivity index (χ4v) is 1.04. The van der Waals surface area contributed by atoms with Crippen LogP contribution in [0.15, 0.2) is 18.2 Å². The normalized spacial score (nSPS) is 9.92. The Balaban J connectivity index is 3.13. The van der Waals surface area contributed by atoms with Gasteiger partial charge in [-0.25, -0.2) is 4.39 Å². The standard InChI is InChI=1S/C8H7ClFNO/c9-7-2-1-5(10)3-6(7)8(12)4-11/h1-3H,4,11H2. The highest BCUT2D eigenvalue weighted by atomic mass is 35.5. The quantitative estimate of drug-likeness (QED) is 0.715. The summed E-state index contributed by atoms with van der Waals surface area (Å²) in [7, 11) is 0. The highest BCUT2D eigenvalue weighted by molar-refractivity contribution is 6.34. The first kappa shape index (κ1) is 9.16. The van der Waals surface area contributed by atoms with E-state index in [0.717, 1.165) is 6.07 Å². The molecule has 0 saturated heterocycles. The van der Waals surface area contributed by atoms with Crippen molar-refractivity contribution in [3.05, 3.63) is 34.6 Å². The molecule has 1 rings (SSSR count). The van der Waals surface area contributed by atoms with Crippen molar-refractivity contribution in [3.8, 4) is 0 Å². The van der Waals surface area contributed by atoms with Gasteiger partial charge in [0.15, 0.2) is 5.78 Å². The number of benzene rings is 1. The second kappa shape index (κ2) is 3.65. The number of nitrogens with two attached hydrogens (primary N) is 1. The minimum Gasteiger partial charge on any atom is -0.324 e. The molecule has 0 aromatic heterocycles. The van der Waals surface area contributed by atoms with Gasteiger partial charge < -0.3 is 5.73 Å². The third-order valence-corrected chi connectivity index (χ3v) is 1.74. The minimum absolute atomic E-state index is 0.138. The lowest BCUT2D eigenvalue weighted by Crippen LogP contribution is -2.14. The number of Topliss-reactive ketones (excluding diaryl/α,β-unsaturated/α-hetero) is 1. The Morgan fingerprint density at radius 1 is 1.58 bits per heavy atom. The van der Waals surface area contributed by atoms with Crippen molar-refractivity contribution >= 4 is 17.4 Å². The molecule has 0 radical (unpaired) electrons. The molecule has 64 valence electrons. The van der Waals surface area contributed by atoms with Crippen LogP contribution in [-0.2, 0) is 0 Å². The first-order valence-corrected chi connectivity index (χ1v) is 3.71. The zero-order chi connectivity index (χ0) is 9.14. The summed E-state index contributed by atoms with van der Waals surface area (Å²) in [6, 6.07) is 3.60. The zero-order valence-corrected chi connectivity index (χ0v) is 6.94. The molecule has 2 N–H and O–H groups in total. The highest BCUT2D eigenvalue weighted by Gasteiger charge is 2.08. The molecule has 0 bridgehead atoms. The van der Waals surface area contributed by atoms with Crippen molar-refractivity contribution in [1.82, 2.24) is 0 Å². The van der Waals surface area contributed by atoms with Crippen molar-refractivity contribution in [2.24, 2.45) is 5.73 Å². The van der Waals surface area contributed by atoms with Gasteiger partial charge in [0.05, 0.1) is 11.6 Å². The molecule has 1 aromatic rings. The van der Waals surface area contributed by atoms with Gasteiger partial charge in [-0.15, -0.1) is 0 Å². The lowest BCUT2D eigenvalue weighted by Gasteiger charge is -2.00. The predicted molar refractivity (Wildman–Crippen MR) is 44.8 cm³/mol. The van der Waals surface area contributed by atoms with Crippen LogP contribution in [0.3, 0.4) is 0 Å². The molecular formula is C8H7ClFNO. The third kappa shape index (κ3) is 1.81. The SMILES string of the molecule is NCC(=O)c1cc(F)ccc1Cl. The second-order valence-corrected chi connectivity index (χ2v) is 2.66. The number of carbonyl (C=O) groups is 1. The van der Waals surface area contributed by atoms with Crippen LogP contribution in [0, 0.1) is 5.82 Å². The lowest BCUT2D eigenvalue weighted by molar-refractivity contribution is 0.100. The van der Waals surface area contributed by atoms with Gasteiger partial charge in [-0.05, 0) is 18.2 Å². The zero-order valence-electron chi connectivity index (χ0n) is 6.18. The summed E-state index contributed by atoms with van der Waals surface area (Å²) in [5.74, 6) is -0.851. The summed E-state index contributed by atoms with van der Waals surface area (Å²) in [6.45, 7) is -0.164.